The number of hydrogen-bond donors (Lipinski definition) is 1. The fourth-order valence-electron chi connectivity index (χ4n) is 4.07. The first-order chi connectivity index (χ1) is 16.5. The Hall–Kier alpha value is -3.50. The number of carbonyl (C=O) groups is 1. The van der Waals surface area contributed by atoms with Crippen molar-refractivity contribution in [2.45, 2.75) is 29.5 Å². The summed E-state index contributed by atoms with van der Waals surface area (Å²) in [5, 5.41) is 3.68. The van der Waals surface area contributed by atoms with Crippen LogP contribution in [0.15, 0.2) is 114 Å². The van der Waals surface area contributed by atoms with E-state index in [1.165, 1.54) is 24.4 Å². The maximum atomic E-state index is 13.9. The Balaban J connectivity index is 1.96. The van der Waals surface area contributed by atoms with Crippen molar-refractivity contribution in [3.63, 3.8) is 0 Å². The predicted molar refractivity (Wildman–Crippen MR) is 141 cm³/mol. The average molecular weight is 468 g/mol. The van der Waals surface area contributed by atoms with Crippen LogP contribution in [0.3, 0.4) is 0 Å². The van der Waals surface area contributed by atoms with Crippen molar-refractivity contribution >= 4 is 23.4 Å². The van der Waals surface area contributed by atoms with Gasteiger partial charge in [-0.15, -0.1) is 11.8 Å². The Labute approximate surface area is 206 Å². The standard InChI is InChI=1S/C30H29NO2S/c1-22-14-18-24(19-15-22)28(31-26-12-8-5-9-13-26)30(29(32)33-3,25-10-6-4-7-11-25)34-27-20-16-23(2)17-21-27/h4-21,28,31H,1-3H3/t28-,30+/m0/s1. The van der Waals surface area contributed by atoms with Crippen LogP contribution in [-0.2, 0) is 14.3 Å². The van der Waals surface area contributed by atoms with Crippen LogP contribution in [0, 0.1) is 13.8 Å². The Morgan fingerprint density at radius 1 is 0.765 bits per heavy atom. The van der Waals surface area contributed by atoms with Crippen molar-refractivity contribution in [2.75, 3.05) is 12.4 Å². The number of anilines is 1. The molecular formula is C30H29NO2S. The van der Waals surface area contributed by atoms with E-state index in [9.17, 15) is 4.79 Å². The number of esters is 1. The number of thioether (sulfide) groups is 1. The van der Waals surface area contributed by atoms with Crippen molar-refractivity contribution in [1.82, 2.24) is 0 Å². The molecule has 0 saturated carbocycles. The monoisotopic (exact) mass is 467 g/mol. The highest BCUT2D eigenvalue weighted by atomic mass is 32.2. The first-order valence-electron chi connectivity index (χ1n) is 11.3. The van der Waals surface area contributed by atoms with E-state index in [1.807, 2.05) is 60.7 Å². The van der Waals surface area contributed by atoms with Gasteiger partial charge in [0, 0.05) is 10.6 Å². The maximum absolute atomic E-state index is 13.9. The molecule has 0 aliphatic rings. The minimum Gasteiger partial charge on any atom is -0.468 e. The Bertz CT molecular complexity index is 1210. The highest BCUT2D eigenvalue weighted by Crippen LogP contribution is 2.52. The van der Waals surface area contributed by atoms with Crippen LogP contribution >= 0.6 is 11.8 Å². The van der Waals surface area contributed by atoms with E-state index in [4.69, 9.17) is 4.74 Å². The predicted octanol–water partition coefficient (Wildman–Crippen LogP) is 7.32. The molecule has 0 spiro atoms. The zero-order chi connectivity index (χ0) is 24.0. The second-order valence-electron chi connectivity index (χ2n) is 8.36. The number of para-hydroxylation sites is 1. The lowest BCUT2D eigenvalue weighted by molar-refractivity contribution is -0.144. The van der Waals surface area contributed by atoms with E-state index >= 15 is 0 Å². The average Bonchev–Trinajstić information content (AvgIpc) is 2.88. The summed E-state index contributed by atoms with van der Waals surface area (Å²) in [6.45, 7) is 4.13. The highest BCUT2D eigenvalue weighted by Gasteiger charge is 2.50. The summed E-state index contributed by atoms with van der Waals surface area (Å²) in [7, 11) is 1.46. The normalized spacial score (nSPS) is 13.5. The second-order valence-corrected chi connectivity index (χ2v) is 9.68. The number of rotatable bonds is 8. The SMILES string of the molecule is COC(=O)[C@@](Sc1ccc(C)cc1)(c1ccccc1)[C@@H](Nc1ccccc1)c1ccc(C)cc1. The van der Waals surface area contributed by atoms with Crippen LogP contribution in [0.1, 0.15) is 28.3 Å². The quantitative estimate of drug-likeness (QED) is 0.218. The zero-order valence-electron chi connectivity index (χ0n) is 19.7. The molecule has 0 radical (unpaired) electrons. The number of aryl methyl sites for hydroxylation is 2. The van der Waals surface area contributed by atoms with E-state index in [0.717, 1.165) is 27.3 Å². The molecule has 0 amide bonds. The van der Waals surface area contributed by atoms with Gasteiger partial charge < -0.3 is 10.1 Å². The van der Waals surface area contributed by atoms with Crippen LogP contribution in [0.5, 0.6) is 0 Å². The zero-order valence-corrected chi connectivity index (χ0v) is 20.5. The molecule has 3 nitrogen and oxygen atoms in total. The van der Waals surface area contributed by atoms with Crippen LogP contribution in [0.2, 0.25) is 0 Å². The number of benzene rings is 4. The largest absolute Gasteiger partial charge is 0.468 e. The van der Waals surface area contributed by atoms with Gasteiger partial charge >= 0.3 is 5.97 Å². The number of hydrogen-bond acceptors (Lipinski definition) is 4. The first kappa shape index (κ1) is 23.7. The minimum atomic E-state index is -1.09. The number of ether oxygens (including phenoxy) is 1. The first-order valence-corrected chi connectivity index (χ1v) is 12.1. The Morgan fingerprint density at radius 3 is 1.85 bits per heavy atom. The lowest BCUT2D eigenvalue weighted by atomic mass is 9.85. The van der Waals surface area contributed by atoms with E-state index < -0.39 is 10.8 Å². The highest BCUT2D eigenvalue weighted by molar-refractivity contribution is 8.01. The van der Waals surface area contributed by atoms with Gasteiger partial charge in [0.2, 0.25) is 0 Å². The number of nitrogens with one attached hydrogen (secondary N) is 1. The fourth-order valence-corrected chi connectivity index (χ4v) is 5.45. The van der Waals surface area contributed by atoms with E-state index in [-0.39, 0.29) is 5.97 Å². The molecule has 0 aliphatic heterocycles. The maximum Gasteiger partial charge on any atom is 0.329 e. The lowest BCUT2D eigenvalue weighted by Gasteiger charge is -2.39. The third-order valence-electron chi connectivity index (χ3n) is 5.89. The van der Waals surface area contributed by atoms with Crippen molar-refractivity contribution in [1.29, 1.82) is 0 Å². The van der Waals surface area contributed by atoms with Gasteiger partial charge in [0.25, 0.3) is 0 Å². The van der Waals surface area contributed by atoms with Crippen molar-refractivity contribution in [2.24, 2.45) is 0 Å². The van der Waals surface area contributed by atoms with Gasteiger partial charge in [0.05, 0.1) is 13.2 Å². The fraction of sp³-hybridized carbons (Fsp3) is 0.167. The molecule has 34 heavy (non-hydrogen) atoms. The number of methoxy groups -OCH3 is 1. The summed E-state index contributed by atoms with van der Waals surface area (Å²) in [6, 6.07) is 36.1. The van der Waals surface area contributed by atoms with Gasteiger partial charge in [-0.1, -0.05) is 96.1 Å². The summed E-state index contributed by atoms with van der Waals surface area (Å²) in [5.41, 5.74) is 5.15. The van der Waals surface area contributed by atoms with Gasteiger partial charge in [-0.2, -0.15) is 0 Å². The third-order valence-corrected chi connectivity index (χ3v) is 7.36. The third kappa shape index (κ3) is 5.02. The molecule has 172 valence electrons. The van der Waals surface area contributed by atoms with Gasteiger partial charge in [-0.25, -0.2) is 0 Å². The molecule has 1 N–H and O–H groups in total. The van der Waals surface area contributed by atoms with Crippen molar-refractivity contribution in [3.05, 3.63) is 131 Å². The Kier molecular flexibility index (Phi) is 7.39. The molecule has 4 heteroatoms. The van der Waals surface area contributed by atoms with E-state index in [1.54, 1.807) is 0 Å². The molecule has 0 aliphatic carbocycles. The minimum absolute atomic E-state index is 0.307. The van der Waals surface area contributed by atoms with Crippen molar-refractivity contribution in [3.8, 4) is 0 Å². The van der Waals surface area contributed by atoms with Crippen LogP contribution in [-0.4, -0.2) is 13.1 Å². The summed E-state index contributed by atoms with van der Waals surface area (Å²) in [6.07, 6.45) is 0. The van der Waals surface area contributed by atoms with Crippen molar-refractivity contribution < 1.29 is 9.53 Å². The molecule has 2 atom stereocenters. The Morgan fingerprint density at radius 2 is 1.29 bits per heavy atom. The molecule has 4 rings (SSSR count). The van der Waals surface area contributed by atoms with Crippen LogP contribution < -0.4 is 5.32 Å². The smallest absolute Gasteiger partial charge is 0.329 e. The molecular weight excluding hydrogens is 438 g/mol. The molecule has 0 heterocycles. The lowest BCUT2D eigenvalue weighted by Crippen LogP contribution is -2.43. The van der Waals surface area contributed by atoms with Gasteiger partial charge in [0.1, 0.15) is 0 Å². The number of carbonyl (C=O) groups excluding carboxylic acids is 1. The summed E-state index contributed by atoms with van der Waals surface area (Å²) < 4.78 is 4.44. The molecule has 4 aromatic carbocycles. The molecule has 0 bridgehead atoms. The topological polar surface area (TPSA) is 38.3 Å². The molecule has 0 unspecified atom stereocenters. The summed E-state index contributed by atoms with van der Waals surface area (Å²) in [4.78, 5) is 14.9. The van der Waals surface area contributed by atoms with E-state index in [2.05, 4.69) is 67.7 Å². The van der Waals surface area contributed by atoms with Gasteiger partial charge in [0.15, 0.2) is 4.75 Å². The molecule has 4 aromatic rings. The molecule has 0 fully saturated rings. The van der Waals surface area contributed by atoms with Crippen LogP contribution in [0.25, 0.3) is 0 Å². The second kappa shape index (κ2) is 10.6. The molecule has 0 aromatic heterocycles. The van der Waals surface area contributed by atoms with E-state index in [0.29, 0.717) is 0 Å². The van der Waals surface area contributed by atoms with Gasteiger partial charge in [-0.3, -0.25) is 4.79 Å². The summed E-state index contributed by atoms with van der Waals surface area (Å²) in [5.74, 6) is -0.307. The van der Waals surface area contributed by atoms with Crippen LogP contribution in [0.4, 0.5) is 5.69 Å². The molecule has 0 saturated heterocycles. The van der Waals surface area contributed by atoms with Gasteiger partial charge in [-0.05, 0) is 49.2 Å². The summed E-state index contributed by atoms with van der Waals surface area (Å²) >= 11 is 1.52.